The number of pyridine rings is 1. The van der Waals surface area contributed by atoms with E-state index in [1.807, 2.05) is 34.9 Å². The summed E-state index contributed by atoms with van der Waals surface area (Å²) in [7, 11) is 0. The molecule has 0 unspecified atom stereocenters. The number of nitrogens with zero attached hydrogens (tertiary/aromatic N) is 3. The number of hydrogen-bond donors (Lipinski definition) is 2. The van der Waals surface area contributed by atoms with Crippen LogP contribution in [-0.4, -0.2) is 52.4 Å². The summed E-state index contributed by atoms with van der Waals surface area (Å²) >= 11 is 0. The van der Waals surface area contributed by atoms with Crippen molar-refractivity contribution in [1.29, 1.82) is 0 Å². The van der Waals surface area contributed by atoms with Crippen LogP contribution in [0.2, 0.25) is 0 Å². The summed E-state index contributed by atoms with van der Waals surface area (Å²) in [6.07, 6.45) is 5.11. The second kappa shape index (κ2) is 9.54. The van der Waals surface area contributed by atoms with Crippen LogP contribution in [0, 0.1) is 5.82 Å². The van der Waals surface area contributed by atoms with Gasteiger partial charge in [0.25, 0.3) is 5.78 Å². The second-order valence-corrected chi connectivity index (χ2v) is 8.24. The highest BCUT2D eigenvalue weighted by molar-refractivity contribution is 6.45. The number of fused-ring (bicyclic) bond motifs is 1. The van der Waals surface area contributed by atoms with Crippen LogP contribution in [0.5, 0.6) is 0 Å². The zero-order chi connectivity index (χ0) is 23.5. The van der Waals surface area contributed by atoms with Crippen LogP contribution >= 0.6 is 0 Å². The Morgan fingerprint density at radius 1 is 1.00 bits per heavy atom. The van der Waals surface area contributed by atoms with Crippen LogP contribution < -0.4 is 10.7 Å². The molecule has 0 bridgehead atoms. The Morgan fingerprint density at radius 2 is 1.74 bits per heavy atom. The van der Waals surface area contributed by atoms with Crippen LogP contribution in [0.15, 0.2) is 73.2 Å². The van der Waals surface area contributed by atoms with Gasteiger partial charge in [-0.25, -0.2) is 9.40 Å². The lowest BCUT2D eigenvalue weighted by Gasteiger charge is -2.27. The Balaban J connectivity index is 1.58. The smallest absolute Gasteiger partial charge is 0.306 e. The number of hydrazine groups is 1. The molecule has 8 heteroatoms. The number of piperazine rings is 1. The number of halogens is 1. The average molecular weight is 458 g/mol. The molecule has 1 aliphatic heterocycles. The van der Waals surface area contributed by atoms with E-state index in [1.165, 1.54) is 12.1 Å². The highest BCUT2D eigenvalue weighted by Gasteiger charge is 2.25. The molecule has 1 saturated heterocycles. The maximum absolute atomic E-state index is 13.4. The van der Waals surface area contributed by atoms with Gasteiger partial charge in [0.2, 0.25) is 0 Å². The quantitative estimate of drug-likeness (QED) is 0.344. The number of Topliss-reactive ketones (excluding diaryl/α,β-unsaturated/α-hetero) is 1. The number of aromatic nitrogens is 2. The number of amides is 1. The fourth-order valence-electron chi connectivity index (χ4n) is 4.31. The molecule has 7 nitrogen and oxygen atoms in total. The van der Waals surface area contributed by atoms with E-state index in [0.717, 1.165) is 35.3 Å². The van der Waals surface area contributed by atoms with Crippen molar-refractivity contribution in [1.82, 2.24) is 25.3 Å². The van der Waals surface area contributed by atoms with Gasteiger partial charge in [0.1, 0.15) is 5.82 Å². The van der Waals surface area contributed by atoms with Gasteiger partial charge in [-0.3, -0.25) is 20.0 Å². The van der Waals surface area contributed by atoms with Gasteiger partial charge in [0.15, 0.2) is 0 Å². The van der Waals surface area contributed by atoms with Gasteiger partial charge >= 0.3 is 5.91 Å². The Kier molecular flexibility index (Phi) is 6.16. The third-order valence-corrected chi connectivity index (χ3v) is 5.99. The van der Waals surface area contributed by atoms with Crippen molar-refractivity contribution in [3.63, 3.8) is 0 Å². The van der Waals surface area contributed by atoms with E-state index in [-0.39, 0.29) is 5.82 Å². The Bertz CT molecular complexity index is 1330. The summed E-state index contributed by atoms with van der Waals surface area (Å²) in [5.74, 6) is -1.56. The molecule has 3 heterocycles. The SMILES string of the molecule is O=C(NN1CCNCC1)C(=O)c1cn(Cc2ccc(F)cc2)c2cccc(-c3ccncc3)c12. The molecular weight excluding hydrogens is 433 g/mol. The van der Waals surface area contributed by atoms with E-state index in [2.05, 4.69) is 15.7 Å². The van der Waals surface area contributed by atoms with E-state index in [1.54, 1.807) is 35.7 Å². The largest absolute Gasteiger partial charge is 0.342 e. The number of rotatable bonds is 6. The lowest BCUT2D eigenvalue weighted by Crippen LogP contribution is -2.53. The predicted molar refractivity (Wildman–Crippen MR) is 128 cm³/mol. The maximum atomic E-state index is 13.4. The van der Waals surface area contributed by atoms with Crippen molar-refractivity contribution >= 4 is 22.6 Å². The molecule has 0 radical (unpaired) electrons. The van der Waals surface area contributed by atoms with Crippen molar-refractivity contribution in [2.75, 3.05) is 26.2 Å². The van der Waals surface area contributed by atoms with Gasteiger partial charge in [-0.05, 0) is 47.0 Å². The first kappa shape index (κ1) is 21.9. The summed E-state index contributed by atoms with van der Waals surface area (Å²) < 4.78 is 15.3. The van der Waals surface area contributed by atoms with E-state index in [9.17, 15) is 14.0 Å². The fraction of sp³-hybridized carbons (Fsp3) is 0.192. The molecule has 0 spiro atoms. The average Bonchev–Trinajstić information content (AvgIpc) is 3.24. The van der Waals surface area contributed by atoms with Crippen LogP contribution in [0.4, 0.5) is 4.39 Å². The first-order valence-corrected chi connectivity index (χ1v) is 11.2. The topological polar surface area (TPSA) is 79.3 Å². The molecular formula is C26H24FN5O2. The number of ketones is 1. The van der Waals surface area contributed by atoms with Crippen LogP contribution in [-0.2, 0) is 11.3 Å². The normalized spacial score (nSPS) is 14.3. The molecule has 1 fully saturated rings. The molecule has 1 amide bonds. The van der Waals surface area contributed by atoms with E-state index < -0.39 is 11.7 Å². The first-order valence-electron chi connectivity index (χ1n) is 11.2. The highest BCUT2D eigenvalue weighted by Crippen LogP contribution is 2.33. The number of nitrogens with one attached hydrogen (secondary N) is 2. The van der Waals surface area contributed by atoms with Gasteiger partial charge in [-0.15, -0.1) is 0 Å². The molecule has 4 aromatic rings. The van der Waals surface area contributed by atoms with Crippen LogP contribution in [0.1, 0.15) is 15.9 Å². The zero-order valence-corrected chi connectivity index (χ0v) is 18.5. The minimum absolute atomic E-state index is 0.304. The molecule has 2 aromatic heterocycles. The lowest BCUT2D eigenvalue weighted by atomic mass is 9.98. The van der Waals surface area contributed by atoms with Crippen molar-refractivity contribution in [3.05, 3.63) is 90.1 Å². The molecule has 0 saturated carbocycles. The zero-order valence-electron chi connectivity index (χ0n) is 18.5. The lowest BCUT2D eigenvalue weighted by molar-refractivity contribution is -0.121. The van der Waals surface area contributed by atoms with Gasteiger partial charge < -0.3 is 9.88 Å². The summed E-state index contributed by atoms with van der Waals surface area (Å²) in [6, 6.07) is 15.8. The van der Waals surface area contributed by atoms with Gasteiger partial charge in [0, 0.05) is 62.2 Å². The van der Waals surface area contributed by atoms with Gasteiger partial charge in [-0.1, -0.05) is 24.3 Å². The molecule has 172 valence electrons. The minimum atomic E-state index is -0.660. The molecule has 0 atom stereocenters. The van der Waals surface area contributed by atoms with E-state index >= 15 is 0 Å². The predicted octanol–water partition coefficient (Wildman–Crippen LogP) is 3.01. The Hall–Kier alpha value is -3.88. The minimum Gasteiger partial charge on any atom is -0.342 e. The standard InChI is InChI=1S/C26H24FN5O2/c27-20-6-4-18(5-7-20)16-31-17-22(25(33)26(34)30-32-14-12-29-13-15-32)24-21(2-1-3-23(24)31)19-8-10-28-11-9-19/h1-11,17,29H,12-16H2,(H,30,34). The summed E-state index contributed by atoms with van der Waals surface area (Å²) in [4.78, 5) is 30.4. The van der Waals surface area contributed by atoms with Crippen molar-refractivity contribution in [3.8, 4) is 11.1 Å². The van der Waals surface area contributed by atoms with Gasteiger partial charge in [0.05, 0.1) is 5.56 Å². The molecule has 0 aliphatic carbocycles. The fourth-order valence-corrected chi connectivity index (χ4v) is 4.31. The van der Waals surface area contributed by atoms with Crippen LogP contribution in [0.25, 0.3) is 22.0 Å². The number of benzene rings is 2. The van der Waals surface area contributed by atoms with Crippen molar-refractivity contribution in [2.24, 2.45) is 0 Å². The Labute approximate surface area is 196 Å². The first-order chi connectivity index (χ1) is 16.6. The monoisotopic (exact) mass is 457 g/mol. The molecule has 2 aromatic carbocycles. The third kappa shape index (κ3) is 4.46. The van der Waals surface area contributed by atoms with Gasteiger partial charge in [-0.2, -0.15) is 0 Å². The summed E-state index contributed by atoms with van der Waals surface area (Å²) in [6.45, 7) is 3.19. The molecule has 1 aliphatic rings. The number of hydrogen-bond acceptors (Lipinski definition) is 5. The highest BCUT2D eigenvalue weighted by atomic mass is 19.1. The maximum Gasteiger partial charge on any atom is 0.306 e. The molecule has 34 heavy (non-hydrogen) atoms. The Morgan fingerprint density at radius 3 is 2.47 bits per heavy atom. The van der Waals surface area contributed by atoms with E-state index in [4.69, 9.17) is 0 Å². The summed E-state index contributed by atoms with van der Waals surface area (Å²) in [5.41, 5.74) is 6.53. The summed E-state index contributed by atoms with van der Waals surface area (Å²) in [5, 5.41) is 5.69. The van der Waals surface area contributed by atoms with Crippen molar-refractivity contribution < 1.29 is 14.0 Å². The third-order valence-electron chi connectivity index (χ3n) is 5.99. The van der Waals surface area contributed by atoms with E-state index in [0.29, 0.717) is 30.6 Å². The second-order valence-electron chi connectivity index (χ2n) is 8.24. The van der Waals surface area contributed by atoms with Crippen LogP contribution in [0.3, 0.4) is 0 Å². The molecule has 2 N–H and O–H groups in total. The molecule has 5 rings (SSSR count). The van der Waals surface area contributed by atoms with Crippen molar-refractivity contribution in [2.45, 2.75) is 6.54 Å². The number of carbonyl (C=O) groups is 2. The number of carbonyl (C=O) groups excluding carboxylic acids is 2.